The van der Waals surface area contributed by atoms with Crippen molar-refractivity contribution in [3.05, 3.63) is 24.3 Å². The van der Waals surface area contributed by atoms with Crippen LogP contribution in [0.1, 0.15) is 33.6 Å². The third kappa shape index (κ3) is 4.33. The Morgan fingerprint density at radius 2 is 1.81 bits per heavy atom. The number of carbonyl (C=O) groups is 1. The number of benzene rings is 1. The first-order valence-corrected chi connectivity index (χ1v) is 8.81. The molecule has 0 spiro atoms. The SMILES string of the molecule is COc1nc2ccccc2nc1O[C@H]1CCCN(C(=O)OC(C)(C)C)C1. The van der Waals surface area contributed by atoms with Crippen LogP contribution in [-0.2, 0) is 4.74 Å². The number of hydrogen-bond acceptors (Lipinski definition) is 6. The van der Waals surface area contributed by atoms with Gasteiger partial charge in [-0.25, -0.2) is 14.8 Å². The molecule has 1 aromatic carbocycles. The van der Waals surface area contributed by atoms with Crippen molar-refractivity contribution in [2.45, 2.75) is 45.3 Å². The molecule has 2 heterocycles. The van der Waals surface area contributed by atoms with Crippen LogP contribution in [0.15, 0.2) is 24.3 Å². The van der Waals surface area contributed by atoms with Crippen molar-refractivity contribution >= 4 is 17.1 Å². The molecule has 1 aliphatic heterocycles. The van der Waals surface area contributed by atoms with Gasteiger partial charge in [-0.3, -0.25) is 0 Å². The van der Waals surface area contributed by atoms with Crippen molar-refractivity contribution in [1.82, 2.24) is 14.9 Å². The Balaban J connectivity index is 1.74. The maximum atomic E-state index is 12.3. The number of piperidine rings is 1. The van der Waals surface area contributed by atoms with E-state index in [1.165, 1.54) is 0 Å². The van der Waals surface area contributed by atoms with Crippen LogP contribution in [-0.4, -0.2) is 52.9 Å². The highest BCUT2D eigenvalue weighted by Crippen LogP contribution is 2.28. The molecule has 1 saturated heterocycles. The number of hydrogen-bond donors (Lipinski definition) is 0. The minimum Gasteiger partial charge on any atom is -0.477 e. The fourth-order valence-electron chi connectivity index (χ4n) is 2.86. The lowest BCUT2D eigenvalue weighted by Crippen LogP contribution is -2.46. The standard InChI is InChI=1S/C19H25N3O4/c1-19(2,3)26-18(23)22-11-7-8-13(12-22)25-17-16(24-4)20-14-9-5-6-10-15(14)21-17/h5-6,9-10,13H,7-8,11-12H2,1-4H3/t13-/m0/s1. The predicted octanol–water partition coefficient (Wildman–Crippen LogP) is 3.42. The summed E-state index contributed by atoms with van der Waals surface area (Å²) in [6.07, 6.45) is 1.17. The van der Waals surface area contributed by atoms with Crippen LogP contribution < -0.4 is 9.47 Å². The lowest BCUT2D eigenvalue weighted by Gasteiger charge is -2.34. The van der Waals surface area contributed by atoms with E-state index in [2.05, 4.69) is 9.97 Å². The van der Waals surface area contributed by atoms with Crippen LogP contribution in [0.4, 0.5) is 4.79 Å². The minimum absolute atomic E-state index is 0.180. The van der Waals surface area contributed by atoms with Gasteiger partial charge in [-0.1, -0.05) is 12.1 Å². The lowest BCUT2D eigenvalue weighted by molar-refractivity contribution is 0.00691. The number of likely N-dealkylation sites (tertiary alicyclic amines) is 1. The molecule has 1 amide bonds. The summed E-state index contributed by atoms with van der Waals surface area (Å²) in [5.41, 5.74) is 0.969. The Kier molecular flexibility index (Phi) is 5.15. The molecule has 1 aliphatic rings. The molecule has 0 saturated carbocycles. The summed E-state index contributed by atoms with van der Waals surface area (Å²) in [6, 6.07) is 7.55. The van der Waals surface area contributed by atoms with E-state index in [0.29, 0.717) is 24.8 Å². The molecular weight excluding hydrogens is 334 g/mol. The highest BCUT2D eigenvalue weighted by atomic mass is 16.6. The van der Waals surface area contributed by atoms with Gasteiger partial charge in [0, 0.05) is 6.54 Å². The molecule has 0 radical (unpaired) electrons. The largest absolute Gasteiger partial charge is 0.477 e. The highest BCUT2D eigenvalue weighted by Gasteiger charge is 2.29. The Labute approximate surface area is 153 Å². The molecule has 1 atom stereocenters. The lowest BCUT2D eigenvalue weighted by atomic mass is 10.1. The number of carbonyl (C=O) groups excluding carboxylic acids is 1. The Morgan fingerprint density at radius 1 is 1.15 bits per heavy atom. The zero-order valence-electron chi connectivity index (χ0n) is 15.7. The first kappa shape index (κ1) is 18.2. The predicted molar refractivity (Wildman–Crippen MR) is 97.5 cm³/mol. The van der Waals surface area contributed by atoms with E-state index in [-0.39, 0.29) is 12.2 Å². The van der Waals surface area contributed by atoms with Gasteiger partial charge in [0.1, 0.15) is 11.7 Å². The smallest absolute Gasteiger partial charge is 0.410 e. The summed E-state index contributed by atoms with van der Waals surface area (Å²) in [4.78, 5) is 23.0. The van der Waals surface area contributed by atoms with Gasteiger partial charge in [0.25, 0.3) is 11.8 Å². The number of fused-ring (bicyclic) bond motifs is 1. The molecule has 0 aliphatic carbocycles. The van der Waals surface area contributed by atoms with Crippen LogP contribution >= 0.6 is 0 Å². The number of rotatable bonds is 3. The van der Waals surface area contributed by atoms with Crippen LogP contribution in [0.25, 0.3) is 11.0 Å². The summed E-state index contributed by atoms with van der Waals surface area (Å²) >= 11 is 0. The summed E-state index contributed by atoms with van der Waals surface area (Å²) in [7, 11) is 1.54. The molecule has 0 unspecified atom stereocenters. The van der Waals surface area contributed by atoms with E-state index in [0.717, 1.165) is 23.9 Å². The number of aromatic nitrogens is 2. The van der Waals surface area contributed by atoms with Crippen LogP contribution in [0.5, 0.6) is 11.8 Å². The zero-order chi connectivity index (χ0) is 18.7. The first-order valence-electron chi connectivity index (χ1n) is 8.81. The van der Waals surface area contributed by atoms with E-state index < -0.39 is 5.60 Å². The van der Waals surface area contributed by atoms with Gasteiger partial charge in [0.2, 0.25) is 0 Å². The van der Waals surface area contributed by atoms with Crippen LogP contribution in [0, 0.1) is 0 Å². The zero-order valence-corrected chi connectivity index (χ0v) is 15.7. The second kappa shape index (κ2) is 7.35. The normalized spacial score (nSPS) is 17.8. The minimum atomic E-state index is -0.516. The van der Waals surface area contributed by atoms with Gasteiger partial charge in [-0.15, -0.1) is 0 Å². The van der Waals surface area contributed by atoms with E-state index in [9.17, 15) is 4.79 Å². The van der Waals surface area contributed by atoms with Crippen molar-refractivity contribution in [3.8, 4) is 11.8 Å². The van der Waals surface area contributed by atoms with Crippen molar-refractivity contribution in [3.63, 3.8) is 0 Å². The number of amides is 1. The Bertz CT molecular complexity index is 788. The molecule has 140 valence electrons. The van der Waals surface area contributed by atoms with E-state index in [4.69, 9.17) is 14.2 Å². The van der Waals surface area contributed by atoms with E-state index >= 15 is 0 Å². The average molecular weight is 359 g/mol. The molecule has 3 rings (SSSR count). The van der Waals surface area contributed by atoms with Crippen molar-refractivity contribution in [2.24, 2.45) is 0 Å². The molecule has 0 N–H and O–H groups in total. The fraction of sp³-hybridized carbons (Fsp3) is 0.526. The maximum absolute atomic E-state index is 12.3. The number of methoxy groups -OCH3 is 1. The molecular formula is C19H25N3O4. The molecule has 7 nitrogen and oxygen atoms in total. The summed E-state index contributed by atoms with van der Waals surface area (Å²) in [6.45, 7) is 6.69. The molecule has 26 heavy (non-hydrogen) atoms. The second-order valence-electron chi connectivity index (χ2n) is 7.34. The monoisotopic (exact) mass is 359 g/mol. The van der Waals surface area contributed by atoms with E-state index in [1.54, 1.807) is 12.0 Å². The third-order valence-electron chi connectivity index (χ3n) is 4.01. The van der Waals surface area contributed by atoms with Crippen molar-refractivity contribution in [2.75, 3.05) is 20.2 Å². The van der Waals surface area contributed by atoms with Gasteiger partial charge in [-0.2, -0.15) is 0 Å². The molecule has 1 fully saturated rings. The number of nitrogens with zero attached hydrogens (tertiary/aromatic N) is 3. The second-order valence-corrected chi connectivity index (χ2v) is 7.34. The molecule has 7 heteroatoms. The maximum Gasteiger partial charge on any atom is 0.410 e. The average Bonchev–Trinajstić information content (AvgIpc) is 2.60. The Morgan fingerprint density at radius 3 is 2.42 bits per heavy atom. The van der Waals surface area contributed by atoms with Crippen LogP contribution in [0.2, 0.25) is 0 Å². The molecule has 2 aromatic rings. The van der Waals surface area contributed by atoms with Crippen molar-refractivity contribution < 1.29 is 19.0 Å². The quantitative estimate of drug-likeness (QED) is 0.836. The Hall–Kier alpha value is -2.57. The summed E-state index contributed by atoms with van der Waals surface area (Å²) in [5.74, 6) is 0.695. The molecule has 1 aromatic heterocycles. The topological polar surface area (TPSA) is 73.8 Å². The summed E-state index contributed by atoms with van der Waals surface area (Å²) in [5, 5.41) is 0. The van der Waals surface area contributed by atoms with Crippen LogP contribution in [0.3, 0.4) is 0 Å². The fourth-order valence-corrected chi connectivity index (χ4v) is 2.86. The highest BCUT2D eigenvalue weighted by molar-refractivity contribution is 5.75. The van der Waals surface area contributed by atoms with E-state index in [1.807, 2.05) is 45.0 Å². The summed E-state index contributed by atoms with van der Waals surface area (Å²) < 4.78 is 16.8. The van der Waals surface area contributed by atoms with Gasteiger partial charge >= 0.3 is 6.09 Å². The first-order chi connectivity index (χ1) is 12.4. The number of ether oxygens (including phenoxy) is 3. The molecule has 0 bridgehead atoms. The van der Waals surface area contributed by atoms with Gasteiger partial charge in [-0.05, 0) is 45.7 Å². The number of para-hydroxylation sites is 2. The van der Waals surface area contributed by atoms with Gasteiger partial charge < -0.3 is 19.1 Å². The third-order valence-corrected chi connectivity index (χ3v) is 4.01. The van der Waals surface area contributed by atoms with Crippen molar-refractivity contribution in [1.29, 1.82) is 0 Å². The van der Waals surface area contributed by atoms with Gasteiger partial charge in [0.05, 0.1) is 24.7 Å². The van der Waals surface area contributed by atoms with Gasteiger partial charge in [0.15, 0.2) is 0 Å².